The molecule has 2 aromatic rings. The van der Waals surface area contributed by atoms with Gasteiger partial charge < -0.3 is 14.6 Å². The highest BCUT2D eigenvalue weighted by Crippen LogP contribution is 2.26. The summed E-state index contributed by atoms with van der Waals surface area (Å²) < 4.78 is 6.98. The number of carbonyl (C=O) groups is 2. The van der Waals surface area contributed by atoms with Crippen LogP contribution in [0.25, 0.3) is 0 Å². The van der Waals surface area contributed by atoms with Gasteiger partial charge in [0.1, 0.15) is 11.3 Å². The maximum atomic E-state index is 13.1. The van der Waals surface area contributed by atoms with Crippen LogP contribution in [0.3, 0.4) is 0 Å². The minimum atomic E-state index is -0.434. The molecule has 6 heteroatoms. The number of nitrogens with zero attached hydrogens (tertiary/aromatic N) is 1. The van der Waals surface area contributed by atoms with E-state index >= 15 is 0 Å². The number of anilines is 1. The predicted octanol–water partition coefficient (Wildman–Crippen LogP) is 4.01. The number of amides is 1. The number of nitrogens with one attached hydrogen (secondary N) is 1. The van der Waals surface area contributed by atoms with E-state index in [4.69, 9.17) is 4.74 Å². The van der Waals surface area contributed by atoms with Gasteiger partial charge in [0.15, 0.2) is 0 Å². The van der Waals surface area contributed by atoms with Gasteiger partial charge in [-0.05, 0) is 62.8 Å². The number of unbranched alkanes of at least 4 members (excludes halogenated alkanes) is 1. The summed E-state index contributed by atoms with van der Waals surface area (Å²) in [6.07, 6.45) is 5.82. The molecule has 3 rings (SSSR count). The normalized spacial score (nSPS) is 12.9. The van der Waals surface area contributed by atoms with Gasteiger partial charge in [-0.1, -0.05) is 19.4 Å². The van der Waals surface area contributed by atoms with Crippen molar-refractivity contribution < 1.29 is 14.3 Å². The van der Waals surface area contributed by atoms with Crippen molar-refractivity contribution in [1.29, 1.82) is 0 Å². The van der Waals surface area contributed by atoms with E-state index in [0.717, 1.165) is 49.8 Å². The SMILES string of the molecule is CCCCn1c2c(cc(C(=O)Nc3cccc(OC(C)=O)c3C)c1=O)CCCC2. The molecule has 1 aromatic carbocycles. The van der Waals surface area contributed by atoms with Crippen molar-refractivity contribution in [3.63, 3.8) is 0 Å². The molecule has 154 valence electrons. The average Bonchev–Trinajstić information content (AvgIpc) is 2.69. The van der Waals surface area contributed by atoms with Crippen LogP contribution in [-0.2, 0) is 24.2 Å². The van der Waals surface area contributed by atoms with E-state index in [9.17, 15) is 14.4 Å². The Morgan fingerprint density at radius 2 is 1.97 bits per heavy atom. The predicted molar refractivity (Wildman–Crippen MR) is 113 cm³/mol. The van der Waals surface area contributed by atoms with Crippen molar-refractivity contribution >= 4 is 17.6 Å². The van der Waals surface area contributed by atoms with Gasteiger partial charge in [-0.25, -0.2) is 0 Å². The quantitative estimate of drug-likeness (QED) is 0.591. The Morgan fingerprint density at radius 1 is 1.21 bits per heavy atom. The number of benzene rings is 1. The second-order valence-electron chi connectivity index (χ2n) is 7.52. The zero-order valence-corrected chi connectivity index (χ0v) is 17.3. The number of hydrogen-bond donors (Lipinski definition) is 1. The minimum absolute atomic E-state index is 0.166. The lowest BCUT2D eigenvalue weighted by atomic mass is 9.94. The fourth-order valence-corrected chi connectivity index (χ4v) is 3.80. The highest BCUT2D eigenvalue weighted by molar-refractivity contribution is 6.04. The molecule has 0 saturated heterocycles. The number of hydrogen-bond acceptors (Lipinski definition) is 4. The number of aryl methyl sites for hydroxylation is 1. The molecular weight excluding hydrogens is 368 g/mol. The van der Waals surface area contributed by atoms with Gasteiger partial charge in [0.2, 0.25) is 0 Å². The fraction of sp³-hybridized carbons (Fsp3) is 0.435. The van der Waals surface area contributed by atoms with Crippen molar-refractivity contribution in [2.45, 2.75) is 65.8 Å². The Labute approximate surface area is 170 Å². The number of carbonyl (C=O) groups excluding carboxylic acids is 2. The second-order valence-corrected chi connectivity index (χ2v) is 7.52. The van der Waals surface area contributed by atoms with Crippen LogP contribution in [-0.4, -0.2) is 16.4 Å². The van der Waals surface area contributed by atoms with E-state index in [2.05, 4.69) is 12.2 Å². The average molecular weight is 396 g/mol. The molecule has 1 aliphatic rings. The summed E-state index contributed by atoms with van der Waals surface area (Å²) in [4.78, 5) is 37.4. The molecule has 0 aliphatic heterocycles. The lowest BCUT2D eigenvalue weighted by Crippen LogP contribution is -2.33. The van der Waals surface area contributed by atoms with Gasteiger partial charge in [-0.3, -0.25) is 14.4 Å². The van der Waals surface area contributed by atoms with Crippen molar-refractivity contribution in [3.8, 4) is 5.75 Å². The first-order valence-electron chi connectivity index (χ1n) is 10.3. The van der Waals surface area contributed by atoms with Crippen LogP contribution in [0, 0.1) is 6.92 Å². The van der Waals surface area contributed by atoms with E-state index in [1.54, 1.807) is 35.8 Å². The van der Waals surface area contributed by atoms with Crippen LogP contribution in [0.2, 0.25) is 0 Å². The van der Waals surface area contributed by atoms with Gasteiger partial charge in [0.25, 0.3) is 11.5 Å². The van der Waals surface area contributed by atoms with Crippen molar-refractivity contribution in [2.75, 3.05) is 5.32 Å². The molecule has 0 atom stereocenters. The highest BCUT2D eigenvalue weighted by atomic mass is 16.5. The van der Waals surface area contributed by atoms with E-state index < -0.39 is 11.9 Å². The molecule has 0 spiro atoms. The van der Waals surface area contributed by atoms with Crippen molar-refractivity contribution in [2.24, 2.45) is 0 Å². The van der Waals surface area contributed by atoms with Crippen LogP contribution < -0.4 is 15.6 Å². The van der Waals surface area contributed by atoms with E-state index in [0.29, 0.717) is 23.5 Å². The number of aromatic nitrogens is 1. The third-order valence-corrected chi connectivity index (χ3v) is 5.37. The Balaban J connectivity index is 1.96. The smallest absolute Gasteiger partial charge is 0.308 e. The molecule has 0 saturated carbocycles. The monoisotopic (exact) mass is 396 g/mol. The molecule has 1 N–H and O–H groups in total. The lowest BCUT2D eigenvalue weighted by Gasteiger charge is -2.22. The molecule has 1 amide bonds. The Kier molecular flexibility index (Phi) is 6.52. The summed E-state index contributed by atoms with van der Waals surface area (Å²) in [6, 6.07) is 6.87. The third kappa shape index (κ3) is 4.58. The minimum Gasteiger partial charge on any atom is -0.426 e. The van der Waals surface area contributed by atoms with Crippen LogP contribution in [0.5, 0.6) is 5.75 Å². The topological polar surface area (TPSA) is 77.4 Å². The highest BCUT2D eigenvalue weighted by Gasteiger charge is 2.21. The summed E-state index contributed by atoms with van der Waals surface area (Å²) in [5, 5.41) is 2.83. The molecule has 0 radical (unpaired) electrons. The molecule has 0 bridgehead atoms. The van der Waals surface area contributed by atoms with Crippen LogP contribution >= 0.6 is 0 Å². The number of pyridine rings is 1. The Morgan fingerprint density at radius 3 is 2.69 bits per heavy atom. The van der Waals surface area contributed by atoms with Crippen LogP contribution in [0.1, 0.15) is 66.7 Å². The van der Waals surface area contributed by atoms with Gasteiger partial charge in [0.05, 0.1) is 0 Å². The summed E-state index contributed by atoms with van der Waals surface area (Å²) in [6.45, 7) is 5.82. The lowest BCUT2D eigenvalue weighted by molar-refractivity contribution is -0.131. The van der Waals surface area contributed by atoms with Crippen LogP contribution in [0.4, 0.5) is 5.69 Å². The summed E-state index contributed by atoms with van der Waals surface area (Å²) in [7, 11) is 0. The first-order chi connectivity index (χ1) is 13.9. The fourth-order valence-electron chi connectivity index (χ4n) is 3.80. The number of esters is 1. The first-order valence-corrected chi connectivity index (χ1v) is 10.3. The van der Waals surface area contributed by atoms with Gasteiger partial charge in [0, 0.05) is 30.4 Å². The summed E-state index contributed by atoms with van der Waals surface area (Å²) in [5.41, 5.74) is 3.28. The van der Waals surface area contributed by atoms with Crippen molar-refractivity contribution in [1.82, 2.24) is 4.57 Å². The zero-order valence-electron chi connectivity index (χ0n) is 17.3. The number of ether oxygens (including phenoxy) is 1. The standard InChI is InChI=1S/C23H28N2O4/c1-4-5-13-25-20-11-7-6-9-17(20)14-18(23(25)28)22(27)24-19-10-8-12-21(15(19)2)29-16(3)26/h8,10,12,14H,4-7,9,11,13H2,1-3H3,(H,24,27). The Hall–Kier alpha value is -2.89. The van der Waals surface area contributed by atoms with Gasteiger partial charge >= 0.3 is 5.97 Å². The third-order valence-electron chi connectivity index (χ3n) is 5.37. The molecule has 1 aromatic heterocycles. The molecule has 0 fully saturated rings. The van der Waals surface area contributed by atoms with Gasteiger partial charge in [-0.2, -0.15) is 0 Å². The maximum Gasteiger partial charge on any atom is 0.308 e. The second kappa shape index (κ2) is 9.07. The van der Waals surface area contributed by atoms with Crippen molar-refractivity contribution in [3.05, 3.63) is 57.0 Å². The molecular formula is C23H28N2O4. The molecule has 29 heavy (non-hydrogen) atoms. The number of rotatable bonds is 6. The summed E-state index contributed by atoms with van der Waals surface area (Å²) in [5.74, 6) is -0.470. The van der Waals surface area contributed by atoms with E-state index in [1.165, 1.54) is 6.92 Å². The van der Waals surface area contributed by atoms with Crippen LogP contribution in [0.15, 0.2) is 29.1 Å². The van der Waals surface area contributed by atoms with E-state index in [-0.39, 0.29) is 11.1 Å². The molecule has 1 heterocycles. The molecule has 0 unspecified atom stereocenters. The molecule has 1 aliphatic carbocycles. The zero-order chi connectivity index (χ0) is 21.0. The molecule has 6 nitrogen and oxygen atoms in total. The maximum absolute atomic E-state index is 13.1. The number of fused-ring (bicyclic) bond motifs is 1. The van der Waals surface area contributed by atoms with Gasteiger partial charge in [-0.15, -0.1) is 0 Å². The van der Waals surface area contributed by atoms with E-state index in [1.807, 2.05) is 0 Å². The summed E-state index contributed by atoms with van der Waals surface area (Å²) >= 11 is 0. The first kappa shape index (κ1) is 20.8. The largest absolute Gasteiger partial charge is 0.426 e. The Bertz CT molecular complexity index is 991.